The molecule has 0 spiro atoms. The van der Waals surface area contributed by atoms with Crippen LogP contribution in [-0.2, 0) is 20.8 Å². The summed E-state index contributed by atoms with van der Waals surface area (Å²) in [5.41, 5.74) is 2.02. The van der Waals surface area contributed by atoms with Crippen molar-refractivity contribution in [3.05, 3.63) is 59.1 Å². The van der Waals surface area contributed by atoms with Crippen LogP contribution < -0.4 is 20.3 Å². The molecule has 8 nitrogen and oxygen atoms in total. The molecule has 0 bridgehead atoms. The number of alkyl carbamates (subject to hydrolysis) is 1. The predicted molar refractivity (Wildman–Crippen MR) is 128 cm³/mol. The van der Waals surface area contributed by atoms with Gasteiger partial charge in [-0.25, -0.2) is 4.79 Å². The van der Waals surface area contributed by atoms with E-state index in [2.05, 4.69) is 15.5 Å². The molecule has 0 aromatic heterocycles. The van der Waals surface area contributed by atoms with Crippen molar-refractivity contribution in [1.29, 1.82) is 0 Å². The number of benzene rings is 2. The highest BCUT2D eigenvalue weighted by atomic mass is 35.5. The maximum Gasteiger partial charge on any atom is 0.407 e. The van der Waals surface area contributed by atoms with Gasteiger partial charge in [0.05, 0.1) is 26.4 Å². The van der Waals surface area contributed by atoms with E-state index in [1.165, 1.54) is 0 Å². The minimum Gasteiger partial charge on any atom is -0.491 e. The molecule has 0 radical (unpaired) electrons. The van der Waals surface area contributed by atoms with Crippen LogP contribution in [0.5, 0.6) is 5.75 Å². The zero-order chi connectivity index (χ0) is 23.1. The van der Waals surface area contributed by atoms with Gasteiger partial charge in [-0.1, -0.05) is 41.9 Å². The van der Waals surface area contributed by atoms with E-state index in [0.29, 0.717) is 44.6 Å². The molecule has 1 fully saturated rings. The SMILES string of the molecule is O=C(NCCOCCOCCOc1cc(Cl)cc(N2CCNCC2)c1)OCc1ccccc1. The van der Waals surface area contributed by atoms with Gasteiger partial charge >= 0.3 is 6.09 Å². The summed E-state index contributed by atoms with van der Waals surface area (Å²) < 4.78 is 21.9. The summed E-state index contributed by atoms with van der Waals surface area (Å²) in [5, 5.41) is 6.65. The second-order valence-electron chi connectivity index (χ2n) is 7.44. The third-order valence-electron chi connectivity index (χ3n) is 4.94. The van der Waals surface area contributed by atoms with Gasteiger partial charge in [-0.05, 0) is 17.7 Å². The number of carbonyl (C=O) groups is 1. The second kappa shape index (κ2) is 14.6. The zero-order valence-corrected chi connectivity index (χ0v) is 19.5. The third kappa shape index (κ3) is 9.88. The Morgan fingerprint density at radius 2 is 1.70 bits per heavy atom. The van der Waals surface area contributed by atoms with Gasteiger partial charge in [0, 0.05) is 49.5 Å². The molecule has 1 amide bonds. The van der Waals surface area contributed by atoms with Gasteiger partial charge in [-0.3, -0.25) is 0 Å². The minimum atomic E-state index is -0.461. The first-order chi connectivity index (χ1) is 16.2. The minimum absolute atomic E-state index is 0.246. The van der Waals surface area contributed by atoms with Crippen LogP contribution in [0.2, 0.25) is 5.02 Å². The quantitative estimate of drug-likeness (QED) is 0.429. The third-order valence-corrected chi connectivity index (χ3v) is 5.15. The Morgan fingerprint density at radius 3 is 2.48 bits per heavy atom. The van der Waals surface area contributed by atoms with Crippen molar-refractivity contribution >= 4 is 23.4 Å². The number of anilines is 1. The fourth-order valence-corrected chi connectivity index (χ4v) is 3.50. The van der Waals surface area contributed by atoms with Gasteiger partial charge in [0.2, 0.25) is 0 Å². The van der Waals surface area contributed by atoms with Gasteiger partial charge in [0.15, 0.2) is 0 Å². The number of piperazine rings is 1. The predicted octanol–water partition coefficient (Wildman–Crippen LogP) is 3.09. The summed E-state index contributed by atoms with van der Waals surface area (Å²) in [6, 6.07) is 15.3. The Morgan fingerprint density at radius 1 is 0.970 bits per heavy atom. The lowest BCUT2D eigenvalue weighted by molar-refractivity contribution is 0.0369. The molecule has 1 aliphatic heterocycles. The van der Waals surface area contributed by atoms with Crippen molar-refractivity contribution in [3.63, 3.8) is 0 Å². The van der Waals surface area contributed by atoms with E-state index in [9.17, 15) is 4.79 Å². The number of hydrogen-bond acceptors (Lipinski definition) is 7. The number of nitrogens with zero attached hydrogens (tertiary/aromatic N) is 1. The second-order valence-corrected chi connectivity index (χ2v) is 7.88. The lowest BCUT2D eigenvalue weighted by Gasteiger charge is -2.29. The van der Waals surface area contributed by atoms with Crippen molar-refractivity contribution in [3.8, 4) is 5.75 Å². The Balaban J connectivity index is 1.18. The van der Waals surface area contributed by atoms with Crippen molar-refractivity contribution in [2.75, 3.05) is 70.7 Å². The summed E-state index contributed by atoms with van der Waals surface area (Å²) in [6.07, 6.45) is -0.461. The standard InChI is InChI=1S/C24H32ClN3O5/c25-21-16-22(28-9-6-26-7-10-28)18-23(17-21)32-15-14-31-13-12-30-11-8-27-24(29)33-19-20-4-2-1-3-5-20/h1-5,16-18,26H,6-15,19H2,(H,27,29). The maximum atomic E-state index is 11.6. The lowest BCUT2D eigenvalue weighted by Crippen LogP contribution is -2.43. The van der Waals surface area contributed by atoms with Gasteiger partial charge < -0.3 is 34.5 Å². The van der Waals surface area contributed by atoms with Crippen LogP contribution in [0.4, 0.5) is 10.5 Å². The first-order valence-electron chi connectivity index (χ1n) is 11.2. The largest absolute Gasteiger partial charge is 0.491 e. The van der Waals surface area contributed by atoms with Crippen molar-refractivity contribution < 1.29 is 23.7 Å². The molecule has 0 saturated carbocycles. The molecule has 9 heteroatoms. The molecule has 0 unspecified atom stereocenters. The normalized spacial score (nSPS) is 13.5. The van der Waals surface area contributed by atoms with E-state index in [4.69, 9.17) is 30.5 Å². The number of hydrogen-bond donors (Lipinski definition) is 2. The van der Waals surface area contributed by atoms with Crippen LogP contribution in [-0.4, -0.2) is 71.9 Å². The molecule has 0 aliphatic carbocycles. The highest BCUT2D eigenvalue weighted by Gasteiger charge is 2.12. The molecular weight excluding hydrogens is 446 g/mol. The topological polar surface area (TPSA) is 81.3 Å². The zero-order valence-electron chi connectivity index (χ0n) is 18.8. The van der Waals surface area contributed by atoms with Gasteiger partial charge in [-0.2, -0.15) is 0 Å². The van der Waals surface area contributed by atoms with E-state index in [0.717, 1.165) is 43.2 Å². The smallest absolute Gasteiger partial charge is 0.407 e. The molecule has 2 aromatic carbocycles. The number of halogens is 1. The lowest BCUT2D eigenvalue weighted by atomic mass is 10.2. The molecule has 33 heavy (non-hydrogen) atoms. The summed E-state index contributed by atoms with van der Waals surface area (Å²) in [7, 11) is 0. The van der Waals surface area contributed by atoms with E-state index in [-0.39, 0.29) is 6.61 Å². The van der Waals surface area contributed by atoms with Crippen molar-refractivity contribution in [2.45, 2.75) is 6.61 Å². The van der Waals surface area contributed by atoms with Crippen LogP contribution in [0.25, 0.3) is 0 Å². The van der Waals surface area contributed by atoms with E-state index >= 15 is 0 Å². The molecule has 3 rings (SSSR count). The fraction of sp³-hybridized carbons (Fsp3) is 0.458. The number of ether oxygens (including phenoxy) is 4. The van der Waals surface area contributed by atoms with Crippen LogP contribution in [0.15, 0.2) is 48.5 Å². The van der Waals surface area contributed by atoms with Crippen molar-refractivity contribution in [1.82, 2.24) is 10.6 Å². The van der Waals surface area contributed by atoms with E-state index in [1.807, 2.05) is 48.5 Å². The Bertz CT molecular complexity index is 834. The van der Waals surface area contributed by atoms with Gasteiger partial charge in [0.25, 0.3) is 0 Å². The first kappa shape index (κ1) is 25.1. The average molecular weight is 478 g/mol. The van der Waals surface area contributed by atoms with Crippen molar-refractivity contribution in [2.24, 2.45) is 0 Å². The molecule has 2 aromatic rings. The van der Waals surface area contributed by atoms with E-state index in [1.54, 1.807) is 0 Å². The monoisotopic (exact) mass is 477 g/mol. The Kier molecular flexibility index (Phi) is 11.1. The summed E-state index contributed by atoms with van der Waals surface area (Å²) in [4.78, 5) is 13.9. The summed E-state index contributed by atoms with van der Waals surface area (Å²) >= 11 is 6.25. The van der Waals surface area contributed by atoms with Crippen LogP contribution in [0, 0.1) is 0 Å². The summed E-state index contributed by atoms with van der Waals surface area (Å²) in [6.45, 7) is 6.60. The van der Waals surface area contributed by atoms with Crippen LogP contribution >= 0.6 is 11.6 Å². The molecule has 0 atom stereocenters. The number of carbonyl (C=O) groups excluding carboxylic acids is 1. The highest BCUT2D eigenvalue weighted by Crippen LogP contribution is 2.27. The van der Waals surface area contributed by atoms with Gasteiger partial charge in [-0.15, -0.1) is 0 Å². The molecule has 2 N–H and O–H groups in total. The molecule has 1 aliphatic rings. The molecule has 1 heterocycles. The fourth-order valence-electron chi connectivity index (χ4n) is 3.28. The number of amides is 1. The maximum absolute atomic E-state index is 11.6. The Labute approximate surface area is 200 Å². The average Bonchev–Trinajstić information content (AvgIpc) is 2.85. The van der Waals surface area contributed by atoms with Gasteiger partial charge in [0.1, 0.15) is 19.0 Å². The van der Waals surface area contributed by atoms with Crippen LogP contribution in [0.1, 0.15) is 5.56 Å². The highest BCUT2D eigenvalue weighted by molar-refractivity contribution is 6.31. The molecular formula is C24H32ClN3O5. The first-order valence-corrected chi connectivity index (χ1v) is 11.6. The van der Waals surface area contributed by atoms with E-state index < -0.39 is 6.09 Å². The van der Waals surface area contributed by atoms with Crippen LogP contribution in [0.3, 0.4) is 0 Å². The number of nitrogens with one attached hydrogen (secondary N) is 2. The Hall–Kier alpha value is -2.52. The molecule has 180 valence electrons. The summed E-state index contributed by atoms with van der Waals surface area (Å²) in [5.74, 6) is 0.737. The number of rotatable bonds is 13. The molecule has 1 saturated heterocycles.